The first-order valence-corrected chi connectivity index (χ1v) is 6.85. The number of amides is 1. The maximum atomic E-state index is 11.8. The normalized spacial score (nSPS) is 16.8. The molecule has 1 aromatic rings. The maximum absolute atomic E-state index is 11.8. The molecule has 0 saturated heterocycles. The molecule has 2 atom stereocenters. The first-order valence-electron chi connectivity index (χ1n) is 6.85. The molecule has 21 heavy (non-hydrogen) atoms. The minimum absolute atomic E-state index is 0.0901. The van der Waals surface area contributed by atoms with E-state index in [2.05, 4.69) is 5.32 Å². The summed E-state index contributed by atoms with van der Waals surface area (Å²) in [7, 11) is 0. The second kappa shape index (κ2) is 6.80. The van der Waals surface area contributed by atoms with E-state index in [0.717, 1.165) is 5.56 Å². The molecule has 1 amide bonds. The number of ether oxygens (including phenoxy) is 1. The van der Waals surface area contributed by atoms with Crippen LogP contribution in [0.2, 0.25) is 0 Å². The summed E-state index contributed by atoms with van der Waals surface area (Å²) in [5, 5.41) is 21.0. The third-order valence-electron chi connectivity index (χ3n) is 3.39. The lowest BCUT2D eigenvalue weighted by Crippen LogP contribution is -2.26. The number of nitrogens with one attached hydrogen (secondary N) is 1. The number of hydrogen-bond acceptors (Lipinski definition) is 5. The van der Waals surface area contributed by atoms with E-state index in [9.17, 15) is 14.7 Å². The van der Waals surface area contributed by atoms with Gasteiger partial charge < -0.3 is 20.3 Å². The Bertz CT molecular complexity index is 543. The van der Waals surface area contributed by atoms with E-state index in [-0.39, 0.29) is 18.3 Å². The number of aryl methyl sites for hydroxylation is 1. The molecular formula is C15H19NO5. The number of para-hydroxylation sites is 1. The Morgan fingerprint density at radius 2 is 2.19 bits per heavy atom. The van der Waals surface area contributed by atoms with Gasteiger partial charge in [0.2, 0.25) is 5.91 Å². The lowest BCUT2D eigenvalue weighted by Gasteiger charge is -2.24. The van der Waals surface area contributed by atoms with Crippen LogP contribution in [0.4, 0.5) is 5.69 Å². The van der Waals surface area contributed by atoms with Crippen LogP contribution in [-0.4, -0.2) is 41.2 Å². The van der Waals surface area contributed by atoms with Gasteiger partial charge in [-0.15, -0.1) is 0 Å². The second-order valence-corrected chi connectivity index (χ2v) is 5.09. The van der Waals surface area contributed by atoms with Crippen LogP contribution in [0.5, 0.6) is 0 Å². The molecule has 0 bridgehead atoms. The van der Waals surface area contributed by atoms with E-state index in [1.807, 2.05) is 12.1 Å². The number of rotatable bonds is 6. The van der Waals surface area contributed by atoms with E-state index in [1.54, 1.807) is 6.07 Å². The smallest absolute Gasteiger partial charge is 0.224 e. The minimum atomic E-state index is -1.04. The Balaban J connectivity index is 2.28. The largest absolute Gasteiger partial charge is 0.394 e. The van der Waals surface area contributed by atoms with Crippen molar-refractivity contribution in [2.75, 3.05) is 18.5 Å². The SMILES string of the molecule is CC(=O)[C@@H](OCC(O)CO)c1cccc2c1NC(=O)CC2. The highest BCUT2D eigenvalue weighted by Gasteiger charge is 2.26. The van der Waals surface area contributed by atoms with Crippen LogP contribution in [0, 0.1) is 0 Å². The molecule has 0 radical (unpaired) electrons. The van der Waals surface area contributed by atoms with Gasteiger partial charge in [0.1, 0.15) is 12.2 Å². The van der Waals surface area contributed by atoms with Crippen molar-refractivity contribution in [3.63, 3.8) is 0 Å². The van der Waals surface area contributed by atoms with Gasteiger partial charge in [0.15, 0.2) is 5.78 Å². The van der Waals surface area contributed by atoms with Crippen LogP contribution in [0.15, 0.2) is 18.2 Å². The van der Waals surface area contributed by atoms with Crippen molar-refractivity contribution >= 4 is 17.4 Å². The van der Waals surface area contributed by atoms with E-state index in [1.165, 1.54) is 6.92 Å². The van der Waals surface area contributed by atoms with Crippen molar-refractivity contribution in [2.45, 2.75) is 32.0 Å². The van der Waals surface area contributed by atoms with Gasteiger partial charge in [-0.05, 0) is 18.9 Å². The van der Waals surface area contributed by atoms with Crippen molar-refractivity contribution in [3.05, 3.63) is 29.3 Å². The van der Waals surface area contributed by atoms with Gasteiger partial charge in [-0.2, -0.15) is 0 Å². The molecule has 1 aliphatic rings. The highest BCUT2D eigenvalue weighted by atomic mass is 16.5. The van der Waals surface area contributed by atoms with Gasteiger partial charge in [-0.25, -0.2) is 0 Å². The van der Waals surface area contributed by atoms with Crippen LogP contribution >= 0.6 is 0 Å². The monoisotopic (exact) mass is 293 g/mol. The third-order valence-corrected chi connectivity index (χ3v) is 3.39. The molecule has 0 aromatic heterocycles. The van der Waals surface area contributed by atoms with Gasteiger partial charge in [0.05, 0.1) is 18.9 Å². The number of aliphatic hydroxyl groups excluding tert-OH is 2. The van der Waals surface area contributed by atoms with Gasteiger partial charge in [0, 0.05) is 12.0 Å². The second-order valence-electron chi connectivity index (χ2n) is 5.09. The van der Waals surface area contributed by atoms with Crippen molar-refractivity contribution in [1.29, 1.82) is 0 Å². The van der Waals surface area contributed by atoms with Crippen LogP contribution in [0.25, 0.3) is 0 Å². The summed E-state index contributed by atoms with van der Waals surface area (Å²) in [4.78, 5) is 23.4. The molecule has 1 heterocycles. The predicted molar refractivity (Wildman–Crippen MR) is 75.9 cm³/mol. The molecule has 0 fully saturated rings. The molecule has 114 valence electrons. The van der Waals surface area contributed by atoms with Crippen molar-refractivity contribution in [3.8, 4) is 0 Å². The zero-order chi connectivity index (χ0) is 15.4. The Hall–Kier alpha value is -1.76. The average Bonchev–Trinajstić information content (AvgIpc) is 2.47. The van der Waals surface area contributed by atoms with E-state index in [4.69, 9.17) is 9.84 Å². The highest BCUT2D eigenvalue weighted by molar-refractivity contribution is 5.96. The highest BCUT2D eigenvalue weighted by Crippen LogP contribution is 2.33. The Kier molecular flexibility index (Phi) is 5.06. The van der Waals surface area contributed by atoms with E-state index in [0.29, 0.717) is 24.1 Å². The summed E-state index contributed by atoms with van der Waals surface area (Å²) in [6.07, 6.45) is -0.870. The van der Waals surface area contributed by atoms with Gasteiger partial charge >= 0.3 is 0 Å². The fourth-order valence-electron chi connectivity index (χ4n) is 2.34. The summed E-state index contributed by atoms with van der Waals surface area (Å²) in [5.74, 6) is -0.319. The molecule has 0 saturated carbocycles. The van der Waals surface area contributed by atoms with Gasteiger partial charge in [-0.1, -0.05) is 18.2 Å². The molecule has 0 spiro atoms. The number of aliphatic hydroxyl groups is 2. The van der Waals surface area contributed by atoms with Crippen LogP contribution in [-0.2, 0) is 20.7 Å². The molecule has 3 N–H and O–H groups in total. The molecule has 6 nitrogen and oxygen atoms in total. The Morgan fingerprint density at radius 3 is 2.86 bits per heavy atom. The summed E-state index contributed by atoms with van der Waals surface area (Å²) in [6.45, 7) is 0.798. The van der Waals surface area contributed by atoms with Crippen molar-refractivity contribution < 1.29 is 24.5 Å². The lowest BCUT2D eigenvalue weighted by atomic mass is 9.95. The van der Waals surface area contributed by atoms with Crippen LogP contribution < -0.4 is 5.32 Å². The summed E-state index contributed by atoms with van der Waals surface area (Å²) in [5.41, 5.74) is 2.16. The lowest BCUT2D eigenvalue weighted by molar-refractivity contribution is -0.131. The van der Waals surface area contributed by atoms with E-state index < -0.39 is 18.8 Å². The molecule has 1 aliphatic heterocycles. The predicted octanol–water partition coefficient (Wildman–Crippen LogP) is 0.571. The van der Waals surface area contributed by atoms with Gasteiger partial charge in [0.25, 0.3) is 0 Å². The Morgan fingerprint density at radius 1 is 1.43 bits per heavy atom. The molecule has 1 unspecified atom stereocenters. The number of carbonyl (C=O) groups excluding carboxylic acids is 2. The third kappa shape index (κ3) is 3.66. The number of fused-ring (bicyclic) bond motifs is 1. The fourth-order valence-corrected chi connectivity index (χ4v) is 2.34. The fraction of sp³-hybridized carbons (Fsp3) is 0.467. The number of Topliss-reactive ketones (excluding diaryl/α,β-unsaturated/α-hetero) is 1. The standard InChI is InChI=1S/C15H19NO5/c1-9(18)15(21-8-11(19)7-17)12-4-2-3-10-5-6-13(20)16-14(10)12/h2-4,11,15,17,19H,5-8H2,1H3,(H,16,20)/t11?,15-/m1/s1. The number of carbonyl (C=O) groups is 2. The zero-order valence-corrected chi connectivity index (χ0v) is 11.8. The molecule has 2 rings (SSSR count). The molecule has 0 aliphatic carbocycles. The van der Waals surface area contributed by atoms with Crippen molar-refractivity contribution in [2.24, 2.45) is 0 Å². The maximum Gasteiger partial charge on any atom is 0.224 e. The summed E-state index contributed by atoms with van der Waals surface area (Å²) < 4.78 is 5.43. The van der Waals surface area contributed by atoms with Crippen molar-refractivity contribution in [1.82, 2.24) is 0 Å². The summed E-state index contributed by atoms with van der Waals surface area (Å²) in [6, 6.07) is 5.44. The minimum Gasteiger partial charge on any atom is -0.394 e. The van der Waals surface area contributed by atoms with Crippen LogP contribution in [0.1, 0.15) is 30.6 Å². The first kappa shape index (κ1) is 15.6. The van der Waals surface area contributed by atoms with Crippen LogP contribution in [0.3, 0.4) is 0 Å². The quantitative estimate of drug-likeness (QED) is 0.712. The average molecular weight is 293 g/mol. The number of anilines is 1. The number of ketones is 1. The number of hydrogen-bond donors (Lipinski definition) is 3. The summed E-state index contributed by atoms with van der Waals surface area (Å²) >= 11 is 0. The van der Waals surface area contributed by atoms with Gasteiger partial charge in [-0.3, -0.25) is 9.59 Å². The topological polar surface area (TPSA) is 95.9 Å². The molecular weight excluding hydrogens is 274 g/mol. The first-order chi connectivity index (χ1) is 10.0. The molecule has 1 aromatic carbocycles. The zero-order valence-electron chi connectivity index (χ0n) is 11.8. The molecule has 6 heteroatoms. The Labute approximate surface area is 122 Å². The number of benzene rings is 1. The van der Waals surface area contributed by atoms with E-state index >= 15 is 0 Å².